The fraction of sp³-hybridized carbons (Fsp3) is 0.412. The number of aromatic nitrogens is 1. The molecule has 0 unspecified atom stereocenters. The summed E-state index contributed by atoms with van der Waals surface area (Å²) in [6.07, 6.45) is 0.639. The highest BCUT2D eigenvalue weighted by atomic mass is 16.7. The fourth-order valence-corrected chi connectivity index (χ4v) is 2.02. The first-order chi connectivity index (χ1) is 10.9. The van der Waals surface area contributed by atoms with Crippen LogP contribution in [0.4, 0.5) is 0 Å². The lowest BCUT2D eigenvalue weighted by Crippen LogP contribution is -2.35. The van der Waals surface area contributed by atoms with Gasteiger partial charge in [0.2, 0.25) is 6.41 Å². The van der Waals surface area contributed by atoms with Crippen LogP contribution in [-0.4, -0.2) is 35.4 Å². The number of amides is 1. The zero-order valence-electron chi connectivity index (χ0n) is 13.9. The molecular weight excluding hydrogens is 296 g/mol. The molecule has 1 heterocycles. The first kappa shape index (κ1) is 17.0. The summed E-state index contributed by atoms with van der Waals surface area (Å²) in [6, 6.07) is 9.70. The second-order valence-corrected chi connectivity index (χ2v) is 6.11. The van der Waals surface area contributed by atoms with E-state index in [-0.39, 0.29) is 6.61 Å². The molecule has 1 aromatic heterocycles. The van der Waals surface area contributed by atoms with Crippen LogP contribution in [0.1, 0.15) is 26.3 Å². The Morgan fingerprint density at radius 1 is 1.26 bits per heavy atom. The molecule has 0 saturated heterocycles. The normalized spacial score (nSPS) is 11.3. The van der Waals surface area contributed by atoms with Gasteiger partial charge in [-0.1, -0.05) is 30.3 Å². The molecule has 0 N–H and O–H groups in total. The number of hydrogen-bond acceptors (Lipinski definition) is 5. The van der Waals surface area contributed by atoms with Crippen LogP contribution in [0.3, 0.4) is 0 Å². The maximum atomic E-state index is 11.0. The Morgan fingerprint density at radius 3 is 2.57 bits per heavy atom. The highest BCUT2D eigenvalue weighted by molar-refractivity contribution is 5.62. The van der Waals surface area contributed by atoms with Crippen LogP contribution in [0.2, 0.25) is 0 Å². The molecule has 0 fully saturated rings. The molecular formula is C17H22N2O4. The Bertz CT molecular complexity index is 632. The highest BCUT2D eigenvalue weighted by Gasteiger charge is 2.18. The van der Waals surface area contributed by atoms with Gasteiger partial charge in [-0.25, -0.2) is 5.06 Å². The fourth-order valence-electron chi connectivity index (χ4n) is 2.02. The van der Waals surface area contributed by atoms with Crippen LogP contribution in [0, 0.1) is 6.92 Å². The van der Waals surface area contributed by atoms with Crippen LogP contribution < -0.4 is 4.74 Å². The summed E-state index contributed by atoms with van der Waals surface area (Å²) in [5, 5.41) is 5.16. The van der Waals surface area contributed by atoms with E-state index in [9.17, 15) is 4.79 Å². The van der Waals surface area contributed by atoms with E-state index in [1.54, 1.807) is 0 Å². The smallest absolute Gasteiger partial charge is 0.257 e. The number of carbonyl (C=O) groups excluding carboxylic acids is 1. The van der Waals surface area contributed by atoms with Crippen molar-refractivity contribution >= 4 is 6.41 Å². The summed E-state index contributed by atoms with van der Waals surface area (Å²) >= 11 is 0. The summed E-state index contributed by atoms with van der Waals surface area (Å²) in [5.74, 6) is 1.10. The highest BCUT2D eigenvalue weighted by Crippen LogP contribution is 2.29. The molecule has 0 bridgehead atoms. The molecule has 0 saturated carbocycles. The molecule has 6 nitrogen and oxygen atoms in total. The number of hydroxylamine groups is 2. The second kappa shape index (κ2) is 7.28. The Morgan fingerprint density at radius 2 is 1.96 bits per heavy atom. The summed E-state index contributed by atoms with van der Waals surface area (Å²) < 4.78 is 11.0. The van der Waals surface area contributed by atoms with Crippen molar-refractivity contribution in [3.8, 4) is 17.2 Å². The van der Waals surface area contributed by atoms with Gasteiger partial charge in [-0.3, -0.25) is 9.63 Å². The standard InChI is InChI=1S/C17H22N2O4/c1-13-15(14-8-6-5-7-9-14)22-18-16(13)21-11-10-19(12-20)23-17(2,3)4/h5-9,12H,10-11H2,1-4H3. The van der Waals surface area contributed by atoms with E-state index in [4.69, 9.17) is 14.1 Å². The molecule has 0 aliphatic heterocycles. The van der Waals surface area contributed by atoms with E-state index in [2.05, 4.69) is 5.16 Å². The summed E-state index contributed by atoms with van der Waals surface area (Å²) in [5.41, 5.74) is 1.33. The second-order valence-electron chi connectivity index (χ2n) is 6.11. The molecule has 0 spiro atoms. The van der Waals surface area contributed by atoms with Crippen molar-refractivity contribution in [1.29, 1.82) is 0 Å². The lowest BCUT2D eigenvalue weighted by molar-refractivity contribution is -0.217. The zero-order valence-corrected chi connectivity index (χ0v) is 13.9. The van der Waals surface area contributed by atoms with Crippen molar-refractivity contribution in [2.24, 2.45) is 0 Å². The Hall–Kier alpha value is -2.34. The third kappa shape index (κ3) is 4.82. The largest absolute Gasteiger partial charge is 0.473 e. The number of carbonyl (C=O) groups is 1. The molecule has 0 atom stereocenters. The first-order valence-corrected chi connectivity index (χ1v) is 7.46. The molecule has 124 valence electrons. The van der Waals surface area contributed by atoms with Crippen LogP contribution in [0.25, 0.3) is 11.3 Å². The predicted molar refractivity (Wildman–Crippen MR) is 85.8 cm³/mol. The number of ether oxygens (including phenoxy) is 1. The molecule has 6 heteroatoms. The summed E-state index contributed by atoms with van der Waals surface area (Å²) in [7, 11) is 0. The van der Waals surface area contributed by atoms with Crippen LogP contribution >= 0.6 is 0 Å². The minimum absolute atomic E-state index is 0.260. The Kier molecular flexibility index (Phi) is 5.39. The minimum Gasteiger partial charge on any atom is -0.473 e. The van der Waals surface area contributed by atoms with E-state index in [1.165, 1.54) is 5.06 Å². The van der Waals surface area contributed by atoms with Crippen molar-refractivity contribution in [1.82, 2.24) is 10.2 Å². The van der Waals surface area contributed by atoms with Crippen molar-refractivity contribution < 1.29 is 18.9 Å². The third-order valence-corrected chi connectivity index (χ3v) is 2.98. The van der Waals surface area contributed by atoms with Crippen LogP contribution in [-0.2, 0) is 9.63 Å². The van der Waals surface area contributed by atoms with Crippen molar-refractivity contribution in [3.63, 3.8) is 0 Å². The van der Waals surface area contributed by atoms with Crippen molar-refractivity contribution in [2.45, 2.75) is 33.3 Å². The monoisotopic (exact) mass is 318 g/mol. The van der Waals surface area contributed by atoms with Gasteiger partial charge in [0.15, 0.2) is 5.76 Å². The van der Waals surface area contributed by atoms with Gasteiger partial charge < -0.3 is 9.26 Å². The molecule has 2 rings (SSSR count). The third-order valence-electron chi connectivity index (χ3n) is 2.98. The average molecular weight is 318 g/mol. The van der Waals surface area contributed by atoms with E-state index in [1.807, 2.05) is 58.0 Å². The van der Waals surface area contributed by atoms with Gasteiger partial charge in [0.25, 0.3) is 5.88 Å². The van der Waals surface area contributed by atoms with Gasteiger partial charge in [-0.15, -0.1) is 0 Å². The quantitative estimate of drug-likeness (QED) is 0.579. The summed E-state index contributed by atoms with van der Waals surface area (Å²) in [4.78, 5) is 16.5. The van der Waals surface area contributed by atoms with Gasteiger partial charge in [0.1, 0.15) is 6.61 Å². The first-order valence-electron chi connectivity index (χ1n) is 7.46. The van der Waals surface area contributed by atoms with E-state index >= 15 is 0 Å². The lowest BCUT2D eigenvalue weighted by Gasteiger charge is -2.26. The Balaban J connectivity index is 1.94. The van der Waals surface area contributed by atoms with Gasteiger partial charge >= 0.3 is 0 Å². The zero-order chi connectivity index (χ0) is 16.9. The molecule has 0 aliphatic carbocycles. The molecule has 1 amide bonds. The number of rotatable bonds is 7. The predicted octanol–water partition coefficient (Wildman–Crippen LogP) is 3.22. The number of benzene rings is 1. The van der Waals surface area contributed by atoms with Gasteiger partial charge in [-0.2, -0.15) is 0 Å². The van der Waals surface area contributed by atoms with E-state index in [0.29, 0.717) is 24.6 Å². The Labute approximate surface area is 135 Å². The van der Waals surface area contributed by atoms with Crippen LogP contribution in [0.15, 0.2) is 34.9 Å². The molecule has 2 aromatic rings. The summed E-state index contributed by atoms with van der Waals surface area (Å²) in [6.45, 7) is 8.07. The maximum Gasteiger partial charge on any atom is 0.257 e. The van der Waals surface area contributed by atoms with Gasteiger partial charge in [0.05, 0.1) is 17.7 Å². The van der Waals surface area contributed by atoms with Gasteiger partial charge in [0, 0.05) is 5.56 Å². The maximum absolute atomic E-state index is 11.0. The van der Waals surface area contributed by atoms with Crippen molar-refractivity contribution in [3.05, 3.63) is 35.9 Å². The van der Waals surface area contributed by atoms with Gasteiger partial charge in [-0.05, 0) is 32.9 Å². The number of nitrogens with zero attached hydrogens (tertiary/aromatic N) is 2. The van der Waals surface area contributed by atoms with Crippen molar-refractivity contribution in [2.75, 3.05) is 13.2 Å². The molecule has 23 heavy (non-hydrogen) atoms. The number of hydrogen-bond donors (Lipinski definition) is 0. The molecule has 0 aliphatic rings. The SMILES string of the molecule is Cc1c(OCCN(C=O)OC(C)(C)C)noc1-c1ccccc1. The topological polar surface area (TPSA) is 64.8 Å². The lowest BCUT2D eigenvalue weighted by atomic mass is 10.1. The van der Waals surface area contributed by atoms with E-state index < -0.39 is 5.60 Å². The van der Waals surface area contributed by atoms with E-state index in [0.717, 1.165) is 11.1 Å². The minimum atomic E-state index is -0.439. The molecule has 0 radical (unpaired) electrons. The average Bonchev–Trinajstić information content (AvgIpc) is 2.87. The van der Waals surface area contributed by atoms with Crippen LogP contribution in [0.5, 0.6) is 5.88 Å². The molecule has 1 aromatic carbocycles.